The molecule has 0 atom stereocenters. The molecule has 15 nitrogen and oxygen atoms in total. The summed E-state index contributed by atoms with van der Waals surface area (Å²) in [6.45, 7) is 9.03. The Morgan fingerprint density at radius 1 is 0.786 bits per heavy atom. The molecule has 4 aromatic rings. The van der Waals surface area contributed by atoms with Gasteiger partial charge in [-0.25, -0.2) is 9.78 Å². The van der Waals surface area contributed by atoms with Crippen molar-refractivity contribution < 1.29 is 46.4 Å². The lowest BCUT2D eigenvalue weighted by molar-refractivity contribution is 0.0179. The molecule has 3 aromatic carbocycles. The van der Waals surface area contributed by atoms with Gasteiger partial charge in [0.15, 0.2) is 5.75 Å². The van der Waals surface area contributed by atoms with Gasteiger partial charge in [-0.15, -0.1) is 0 Å². The predicted molar refractivity (Wildman–Crippen MR) is 216 cm³/mol. The molecule has 2 amide bonds. The van der Waals surface area contributed by atoms with Crippen molar-refractivity contribution in [2.75, 3.05) is 84.0 Å². The summed E-state index contributed by atoms with van der Waals surface area (Å²) in [5.41, 5.74) is 3.20. The lowest BCUT2D eigenvalue weighted by atomic mass is 9.86. The number of hydrogen-bond donors (Lipinski definition) is 3. The number of nitrogens with zero attached hydrogens (tertiary/aromatic N) is 2. The van der Waals surface area contributed by atoms with E-state index in [9.17, 15) is 4.79 Å². The van der Waals surface area contributed by atoms with Crippen LogP contribution in [0.5, 0.6) is 28.9 Å². The zero-order valence-electron chi connectivity index (χ0n) is 32.3. The van der Waals surface area contributed by atoms with Crippen LogP contribution in [0.15, 0.2) is 54.7 Å². The van der Waals surface area contributed by atoms with Crippen molar-refractivity contribution in [3.05, 3.63) is 81.7 Å². The van der Waals surface area contributed by atoms with Crippen molar-refractivity contribution in [1.29, 1.82) is 0 Å². The van der Waals surface area contributed by atoms with Gasteiger partial charge < -0.3 is 49.1 Å². The van der Waals surface area contributed by atoms with Crippen LogP contribution < -0.4 is 34.9 Å². The topological polar surface area (TPSA) is 178 Å². The highest BCUT2D eigenvalue weighted by Crippen LogP contribution is 2.41. The maximum absolute atomic E-state index is 13.1. The van der Waals surface area contributed by atoms with Crippen LogP contribution in [0.3, 0.4) is 0 Å². The number of rotatable bonds is 19. The van der Waals surface area contributed by atoms with Gasteiger partial charge in [-0.2, -0.15) is 13.4 Å². The largest absolute Gasteiger partial charge is 0.497 e. The first-order valence-corrected chi connectivity index (χ1v) is 18.6. The Bertz CT molecular complexity index is 1930. The van der Waals surface area contributed by atoms with Gasteiger partial charge in [-0.1, -0.05) is 44.0 Å². The first-order chi connectivity index (χ1) is 26.9. The summed E-state index contributed by atoms with van der Waals surface area (Å²) in [6, 6.07) is 13.7. The van der Waals surface area contributed by atoms with Crippen molar-refractivity contribution >= 4 is 57.9 Å². The lowest BCUT2D eigenvalue weighted by Crippen LogP contribution is -2.21. The minimum absolute atomic E-state index is 0.0876. The van der Waals surface area contributed by atoms with Crippen molar-refractivity contribution in [2.24, 2.45) is 0 Å². The highest BCUT2D eigenvalue weighted by Gasteiger charge is 2.21. The maximum atomic E-state index is 13.1. The van der Waals surface area contributed by atoms with Crippen molar-refractivity contribution in [3.8, 4) is 28.9 Å². The number of methoxy groups -OCH3 is 3. The second-order valence-corrected chi connectivity index (χ2v) is 13.6. The SMILES string of the molecule is CNc1cc(C(C)(C)C)cc(NC(=O)Nc2ccc(Oc3ccnc(Cc4cc(OC)cc(OCCOCCOCCOC)c4)n3)c(Cl)c2Cl)c1OC.O=S=O. The summed E-state index contributed by atoms with van der Waals surface area (Å²) in [5, 5.41) is 8.93. The number of amides is 2. The van der Waals surface area contributed by atoms with Crippen LogP contribution in [0.2, 0.25) is 10.0 Å². The first kappa shape index (κ1) is 45.7. The standard InChI is InChI=1S/C38H47Cl2N5O8.O2S/c1-38(2,3)25-21-29(41-4)36(49-7)30(22-25)44-37(46)43-28-8-9-31(35(40)34(28)39)53-33-10-11-42-32(45-33)20-24-18-26(48-6)23-27(19-24)52-17-16-51-15-14-50-13-12-47-5;1-3-2/h8-11,18-19,21-23,41H,12-17,20H2,1-7H3,(H2,43,44,46);. The molecule has 304 valence electrons. The number of halogens is 2. The second kappa shape index (κ2) is 23.4. The Morgan fingerprint density at radius 2 is 1.43 bits per heavy atom. The molecular weight excluding hydrogens is 789 g/mol. The number of nitrogens with one attached hydrogen (secondary N) is 3. The average Bonchev–Trinajstić information content (AvgIpc) is 3.16. The smallest absolute Gasteiger partial charge is 0.335 e. The van der Waals surface area contributed by atoms with Crippen LogP contribution in [0.25, 0.3) is 0 Å². The summed E-state index contributed by atoms with van der Waals surface area (Å²) < 4.78 is 55.5. The van der Waals surface area contributed by atoms with Gasteiger partial charge in [0.1, 0.15) is 34.7 Å². The van der Waals surface area contributed by atoms with Gasteiger partial charge in [0.05, 0.1) is 69.3 Å². The van der Waals surface area contributed by atoms with Crippen LogP contribution in [-0.2, 0) is 37.6 Å². The van der Waals surface area contributed by atoms with E-state index in [-0.39, 0.29) is 32.8 Å². The lowest BCUT2D eigenvalue weighted by Gasteiger charge is -2.23. The summed E-state index contributed by atoms with van der Waals surface area (Å²) in [4.78, 5) is 22.1. The van der Waals surface area contributed by atoms with Crippen LogP contribution in [0.1, 0.15) is 37.7 Å². The van der Waals surface area contributed by atoms with Crippen LogP contribution >= 0.6 is 23.2 Å². The molecule has 0 unspecified atom stereocenters. The van der Waals surface area contributed by atoms with Gasteiger partial charge in [-0.05, 0) is 52.9 Å². The molecule has 56 heavy (non-hydrogen) atoms. The van der Waals surface area contributed by atoms with Crippen molar-refractivity contribution in [2.45, 2.75) is 32.6 Å². The molecule has 4 rings (SSSR count). The molecule has 0 saturated carbocycles. The molecule has 18 heteroatoms. The van der Waals surface area contributed by atoms with E-state index in [2.05, 4.69) is 46.7 Å². The number of anilines is 3. The van der Waals surface area contributed by atoms with Crippen LogP contribution in [0, 0.1) is 0 Å². The van der Waals surface area contributed by atoms with Crippen LogP contribution in [-0.4, -0.2) is 92.4 Å². The van der Waals surface area contributed by atoms with Crippen molar-refractivity contribution in [1.82, 2.24) is 9.97 Å². The molecule has 1 aromatic heterocycles. The number of aromatic nitrogens is 2. The summed E-state index contributed by atoms with van der Waals surface area (Å²) in [5.74, 6) is 2.72. The number of carbonyl (C=O) groups excluding carboxylic acids is 1. The molecular formula is C38H47Cl2N5O10S. The molecule has 0 radical (unpaired) electrons. The average molecular weight is 837 g/mol. The van der Waals surface area contributed by atoms with Gasteiger partial charge in [0, 0.05) is 38.9 Å². The Labute approximate surface area is 340 Å². The Hall–Kier alpha value is -4.71. The molecule has 1 heterocycles. The summed E-state index contributed by atoms with van der Waals surface area (Å²) in [6.07, 6.45) is 1.95. The van der Waals surface area contributed by atoms with E-state index in [0.717, 1.165) is 16.8 Å². The van der Waals surface area contributed by atoms with Gasteiger partial charge in [-0.3, -0.25) is 0 Å². The van der Waals surface area contributed by atoms with Gasteiger partial charge >= 0.3 is 17.6 Å². The van der Waals surface area contributed by atoms with E-state index in [1.165, 1.54) is 0 Å². The Kier molecular flexibility index (Phi) is 19.1. The third kappa shape index (κ3) is 14.4. The van der Waals surface area contributed by atoms with E-state index >= 15 is 0 Å². The fourth-order valence-corrected chi connectivity index (χ4v) is 5.38. The molecule has 0 fully saturated rings. The zero-order valence-corrected chi connectivity index (χ0v) is 34.6. The number of hydrogen-bond acceptors (Lipinski definition) is 13. The molecule has 0 saturated heterocycles. The molecule has 0 spiro atoms. The Balaban J connectivity index is 0.00000271. The van der Waals surface area contributed by atoms with E-state index in [1.54, 1.807) is 58.8 Å². The number of ether oxygens (including phenoxy) is 7. The van der Waals surface area contributed by atoms with Crippen LogP contribution in [0.4, 0.5) is 21.9 Å². The monoisotopic (exact) mass is 835 g/mol. The van der Waals surface area contributed by atoms with Gasteiger partial charge in [0.25, 0.3) is 0 Å². The molecule has 3 N–H and O–H groups in total. The quantitative estimate of drug-likeness (QED) is 0.0790. The molecule has 0 aliphatic heterocycles. The van der Waals surface area contributed by atoms with E-state index in [1.807, 2.05) is 24.3 Å². The fourth-order valence-electron chi connectivity index (χ4n) is 4.98. The normalized spacial score (nSPS) is 10.8. The van der Waals surface area contributed by atoms with E-state index in [0.29, 0.717) is 74.8 Å². The highest BCUT2D eigenvalue weighted by atomic mass is 35.5. The maximum Gasteiger partial charge on any atom is 0.335 e. The third-order valence-electron chi connectivity index (χ3n) is 7.70. The Morgan fingerprint density at radius 3 is 2.07 bits per heavy atom. The first-order valence-electron chi connectivity index (χ1n) is 17.2. The van der Waals surface area contributed by atoms with Crippen molar-refractivity contribution in [3.63, 3.8) is 0 Å². The number of carbonyl (C=O) groups is 1. The fraction of sp³-hybridized carbons (Fsp3) is 0.395. The predicted octanol–water partition coefficient (Wildman–Crippen LogP) is 7.56. The van der Waals surface area contributed by atoms with E-state index in [4.69, 9.17) is 64.8 Å². The number of benzene rings is 3. The minimum Gasteiger partial charge on any atom is -0.497 e. The third-order valence-corrected chi connectivity index (χ3v) is 8.57. The molecule has 0 aliphatic carbocycles. The highest BCUT2D eigenvalue weighted by molar-refractivity contribution is 7.51. The van der Waals surface area contributed by atoms with Gasteiger partial charge in [0.2, 0.25) is 5.88 Å². The summed E-state index contributed by atoms with van der Waals surface area (Å²) in [7, 11) is 6.55. The van der Waals surface area contributed by atoms with E-state index < -0.39 is 17.6 Å². The zero-order chi connectivity index (χ0) is 41.1. The number of urea groups is 1. The molecule has 0 aliphatic rings. The molecule has 0 bridgehead atoms. The second-order valence-electron chi connectivity index (χ2n) is 12.7. The summed E-state index contributed by atoms with van der Waals surface area (Å²) >= 11 is 12.5. The minimum atomic E-state index is -0.750.